The van der Waals surface area contributed by atoms with Crippen molar-refractivity contribution < 1.29 is 18.8 Å². The summed E-state index contributed by atoms with van der Waals surface area (Å²) in [6.07, 6.45) is 0.457. The van der Waals surface area contributed by atoms with Crippen molar-refractivity contribution in [3.8, 4) is 0 Å². The summed E-state index contributed by atoms with van der Waals surface area (Å²) in [5.74, 6) is -0.177. The highest BCUT2D eigenvalue weighted by atomic mass is 32.2. The third-order valence-corrected chi connectivity index (χ3v) is 3.70. The number of benzene rings is 1. The van der Waals surface area contributed by atoms with Crippen LogP contribution in [0.5, 0.6) is 0 Å². The van der Waals surface area contributed by atoms with Crippen LogP contribution in [-0.4, -0.2) is 29.3 Å². The largest absolute Gasteiger partial charge is 0.465 e. The van der Waals surface area contributed by atoms with Crippen LogP contribution in [0.2, 0.25) is 0 Å². The quantitative estimate of drug-likeness (QED) is 0.342. The first-order valence-electron chi connectivity index (χ1n) is 6.38. The molecule has 0 heterocycles. The lowest BCUT2D eigenvalue weighted by Gasteiger charge is -2.10. The lowest BCUT2D eigenvalue weighted by atomic mass is 10.2. The van der Waals surface area contributed by atoms with Gasteiger partial charge in [-0.3, -0.25) is 14.9 Å². The average Bonchev–Trinajstić information content (AvgIpc) is 2.43. The molecular weight excluding hydrogens is 299 g/mol. The Morgan fingerprint density at radius 1 is 1.57 bits per heavy atom. The van der Waals surface area contributed by atoms with E-state index in [2.05, 4.69) is 0 Å². The van der Waals surface area contributed by atoms with Crippen LogP contribution in [0.25, 0.3) is 0 Å². The molecule has 1 aromatic rings. The van der Waals surface area contributed by atoms with Crippen molar-refractivity contribution in [3.63, 3.8) is 0 Å². The molecule has 0 saturated heterocycles. The van der Waals surface area contributed by atoms with E-state index in [0.29, 0.717) is 30.1 Å². The number of thioether (sulfide) groups is 1. The summed E-state index contributed by atoms with van der Waals surface area (Å²) in [6, 6.07) is 3.15. The second-order valence-corrected chi connectivity index (χ2v) is 5.35. The van der Waals surface area contributed by atoms with E-state index in [4.69, 9.17) is 10.5 Å². The standard InChI is InChI=1S/C13H17FN2O4S/c1-2-20-13(17)11(15)5-6-21-8-9-3-4-12(16(18)19)10(14)7-9/h3-4,7,11H,2,5-6,8,15H2,1H3. The van der Waals surface area contributed by atoms with E-state index in [1.165, 1.54) is 17.8 Å². The number of nitrogens with two attached hydrogens (primary N) is 1. The van der Waals surface area contributed by atoms with Gasteiger partial charge >= 0.3 is 11.7 Å². The van der Waals surface area contributed by atoms with E-state index in [-0.39, 0.29) is 0 Å². The second-order valence-electron chi connectivity index (χ2n) is 4.24. The number of hydrogen-bond donors (Lipinski definition) is 1. The smallest absolute Gasteiger partial charge is 0.322 e. The van der Waals surface area contributed by atoms with Gasteiger partial charge in [0.2, 0.25) is 5.82 Å². The second kappa shape index (κ2) is 8.58. The summed E-state index contributed by atoms with van der Waals surface area (Å²) < 4.78 is 18.2. The van der Waals surface area contributed by atoms with Gasteiger partial charge in [0.15, 0.2) is 0 Å². The maximum Gasteiger partial charge on any atom is 0.322 e. The topological polar surface area (TPSA) is 95.5 Å². The Kier molecular flexibility index (Phi) is 7.10. The molecule has 0 aliphatic rings. The number of rotatable bonds is 8. The van der Waals surface area contributed by atoms with E-state index in [1.807, 2.05) is 0 Å². The first kappa shape index (κ1) is 17.4. The zero-order chi connectivity index (χ0) is 15.8. The normalized spacial score (nSPS) is 12.0. The number of ether oxygens (including phenoxy) is 1. The van der Waals surface area contributed by atoms with Crippen molar-refractivity contribution in [2.24, 2.45) is 5.73 Å². The Bertz CT molecular complexity index is 513. The van der Waals surface area contributed by atoms with Gasteiger partial charge in [-0.2, -0.15) is 16.2 Å². The summed E-state index contributed by atoms with van der Waals surface area (Å²) in [4.78, 5) is 21.0. The average molecular weight is 316 g/mol. The lowest BCUT2D eigenvalue weighted by molar-refractivity contribution is -0.387. The van der Waals surface area contributed by atoms with Crippen molar-refractivity contribution in [2.45, 2.75) is 25.1 Å². The van der Waals surface area contributed by atoms with E-state index in [0.717, 1.165) is 12.1 Å². The molecule has 0 amide bonds. The minimum atomic E-state index is -0.846. The first-order valence-corrected chi connectivity index (χ1v) is 7.54. The number of carbonyl (C=O) groups is 1. The number of nitro benzene ring substituents is 1. The molecule has 0 aliphatic carbocycles. The van der Waals surface area contributed by atoms with Crippen molar-refractivity contribution >= 4 is 23.4 Å². The predicted octanol–water partition coefficient (Wildman–Crippen LogP) is 2.25. The van der Waals surface area contributed by atoms with Gasteiger partial charge in [-0.25, -0.2) is 0 Å². The van der Waals surface area contributed by atoms with Crippen molar-refractivity contribution in [1.82, 2.24) is 0 Å². The minimum Gasteiger partial charge on any atom is -0.465 e. The maximum absolute atomic E-state index is 13.4. The summed E-state index contributed by atoms with van der Waals surface area (Å²) in [5.41, 5.74) is 5.75. The Morgan fingerprint density at radius 3 is 2.86 bits per heavy atom. The fraction of sp³-hybridized carbons (Fsp3) is 0.462. The van der Waals surface area contributed by atoms with Gasteiger partial charge in [0, 0.05) is 11.8 Å². The summed E-state index contributed by atoms with van der Waals surface area (Å²) in [7, 11) is 0. The first-order chi connectivity index (χ1) is 9.95. The van der Waals surface area contributed by atoms with E-state index >= 15 is 0 Å². The van der Waals surface area contributed by atoms with Gasteiger partial charge < -0.3 is 10.5 Å². The van der Waals surface area contributed by atoms with Gasteiger partial charge in [-0.15, -0.1) is 0 Å². The van der Waals surface area contributed by atoms with Crippen LogP contribution in [-0.2, 0) is 15.3 Å². The van der Waals surface area contributed by atoms with Crippen molar-refractivity contribution in [2.75, 3.05) is 12.4 Å². The molecule has 116 valence electrons. The van der Waals surface area contributed by atoms with E-state index in [9.17, 15) is 19.3 Å². The molecule has 0 fully saturated rings. The zero-order valence-electron chi connectivity index (χ0n) is 11.6. The summed E-state index contributed by atoms with van der Waals surface area (Å²) in [6.45, 7) is 2.00. The number of esters is 1. The molecule has 21 heavy (non-hydrogen) atoms. The van der Waals surface area contributed by atoms with Crippen LogP contribution in [0.15, 0.2) is 18.2 Å². The molecule has 0 saturated carbocycles. The third kappa shape index (κ3) is 5.68. The van der Waals surface area contributed by atoms with Crippen molar-refractivity contribution in [1.29, 1.82) is 0 Å². The SMILES string of the molecule is CCOC(=O)C(N)CCSCc1ccc([N+](=O)[O-])c(F)c1. The molecule has 1 rings (SSSR count). The Balaban J connectivity index is 2.38. The number of hydrogen-bond acceptors (Lipinski definition) is 6. The van der Waals surface area contributed by atoms with Crippen LogP contribution in [0, 0.1) is 15.9 Å². The molecule has 0 bridgehead atoms. The highest BCUT2D eigenvalue weighted by Gasteiger charge is 2.15. The fourth-order valence-electron chi connectivity index (χ4n) is 1.56. The lowest BCUT2D eigenvalue weighted by Crippen LogP contribution is -2.32. The number of halogens is 1. The van der Waals surface area contributed by atoms with Crippen LogP contribution in [0.4, 0.5) is 10.1 Å². The number of carbonyl (C=O) groups excluding carboxylic acids is 1. The maximum atomic E-state index is 13.4. The van der Waals surface area contributed by atoms with E-state index < -0.39 is 28.4 Å². The number of nitro groups is 1. The van der Waals surface area contributed by atoms with E-state index in [1.54, 1.807) is 6.92 Å². The van der Waals surface area contributed by atoms with Crippen LogP contribution >= 0.6 is 11.8 Å². The van der Waals surface area contributed by atoms with Crippen LogP contribution in [0.3, 0.4) is 0 Å². The molecule has 0 aliphatic heterocycles. The minimum absolute atomic E-state index is 0.293. The molecule has 1 atom stereocenters. The number of nitrogens with zero attached hydrogens (tertiary/aromatic N) is 1. The van der Waals surface area contributed by atoms with Gasteiger partial charge in [0.1, 0.15) is 6.04 Å². The highest BCUT2D eigenvalue weighted by molar-refractivity contribution is 7.98. The zero-order valence-corrected chi connectivity index (χ0v) is 12.4. The van der Waals surface area contributed by atoms with Gasteiger partial charge in [-0.1, -0.05) is 6.07 Å². The molecular formula is C13H17FN2O4S. The third-order valence-electron chi connectivity index (χ3n) is 2.64. The summed E-state index contributed by atoms with van der Waals surface area (Å²) in [5, 5.41) is 10.5. The van der Waals surface area contributed by atoms with Gasteiger partial charge in [0.05, 0.1) is 11.5 Å². The molecule has 1 unspecified atom stereocenters. The Morgan fingerprint density at radius 2 is 2.29 bits per heavy atom. The monoisotopic (exact) mass is 316 g/mol. The molecule has 1 aromatic carbocycles. The Labute approximate surface area is 126 Å². The Hall–Kier alpha value is -1.67. The van der Waals surface area contributed by atoms with Crippen LogP contribution in [0.1, 0.15) is 18.9 Å². The molecule has 2 N–H and O–H groups in total. The molecule has 6 nitrogen and oxygen atoms in total. The molecule has 0 aromatic heterocycles. The molecule has 0 radical (unpaired) electrons. The predicted molar refractivity (Wildman–Crippen MR) is 78.4 cm³/mol. The van der Waals surface area contributed by atoms with Crippen molar-refractivity contribution in [3.05, 3.63) is 39.7 Å². The van der Waals surface area contributed by atoms with Gasteiger partial charge in [-0.05, 0) is 30.7 Å². The highest BCUT2D eigenvalue weighted by Crippen LogP contribution is 2.21. The fourth-order valence-corrected chi connectivity index (χ4v) is 2.54. The van der Waals surface area contributed by atoms with Crippen LogP contribution < -0.4 is 5.73 Å². The molecule has 8 heteroatoms. The molecule has 0 spiro atoms. The van der Waals surface area contributed by atoms with Gasteiger partial charge in [0.25, 0.3) is 0 Å². The summed E-state index contributed by atoms with van der Waals surface area (Å²) >= 11 is 1.47.